The lowest BCUT2D eigenvalue weighted by molar-refractivity contribution is -0.136. The van der Waals surface area contributed by atoms with Gasteiger partial charge in [0.25, 0.3) is 5.91 Å². The van der Waals surface area contributed by atoms with Gasteiger partial charge in [-0.15, -0.1) is 11.3 Å². The topological polar surface area (TPSA) is 142 Å². The molecule has 0 radical (unpaired) electrons. The number of fused-ring (bicyclic) bond motifs is 1. The molecule has 0 aromatic carbocycles. The SMILES string of the molecule is CN1CCc2nc(C(=O)NC3CC(c4ncco4)CCC3NC(=O)C(=O)Nc3ccc(Cl)cn3)sc2C1. The number of halogens is 1. The molecule has 3 aromatic heterocycles. The molecule has 3 unspecified atom stereocenters. The first-order valence-electron chi connectivity index (χ1n) is 12.0. The number of carbonyl (C=O) groups excluding carboxylic acids is 3. The van der Waals surface area contributed by atoms with Gasteiger partial charge in [-0.2, -0.15) is 0 Å². The number of aromatic nitrogens is 3. The predicted octanol–water partition coefficient (Wildman–Crippen LogP) is 2.36. The number of nitrogens with one attached hydrogen (secondary N) is 3. The summed E-state index contributed by atoms with van der Waals surface area (Å²) < 4.78 is 5.50. The third-order valence-electron chi connectivity index (χ3n) is 6.58. The molecule has 1 saturated carbocycles. The molecule has 194 valence electrons. The number of oxazole rings is 1. The molecule has 3 amide bonds. The number of thiazole rings is 1. The van der Waals surface area contributed by atoms with Gasteiger partial charge in [-0.3, -0.25) is 14.4 Å². The van der Waals surface area contributed by atoms with Gasteiger partial charge in [0.05, 0.1) is 23.0 Å². The van der Waals surface area contributed by atoms with Crippen LogP contribution in [0.25, 0.3) is 0 Å². The maximum Gasteiger partial charge on any atom is 0.314 e. The summed E-state index contributed by atoms with van der Waals surface area (Å²) in [6, 6.07) is 2.15. The molecule has 1 aliphatic heterocycles. The van der Waals surface area contributed by atoms with Crippen molar-refractivity contribution in [2.45, 2.75) is 50.2 Å². The van der Waals surface area contributed by atoms with Crippen molar-refractivity contribution in [3.8, 4) is 0 Å². The molecular formula is C24H26ClN7O4S. The standard InChI is InChI=1S/C24H26ClN7O4S/c1-32-8-6-16-18(12-32)37-24(30-16)22(35)29-17-10-13(23-26-7-9-36-23)2-4-15(17)28-20(33)21(34)31-19-5-3-14(25)11-27-19/h3,5,7,9,11,13,15,17H,2,4,6,8,10,12H2,1H3,(H,28,33)(H,29,35)(H,27,31,34). The Balaban J connectivity index is 1.28. The fraction of sp³-hybridized carbons (Fsp3) is 0.417. The van der Waals surface area contributed by atoms with Crippen LogP contribution in [0.3, 0.4) is 0 Å². The molecule has 1 aliphatic carbocycles. The van der Waals surface area contributed by atoms with E-state index in [1.807, 2.05) is 7.05 Å². The van der Waals surface area contributed by atoms with Gasteiger partial charge in [0.2, 0.25) is 0 Å². The van der Waals surface area contributed by atoms with Crippen molar-refractivity contribution in [2.75, 3.05) is 18.9 Å². The first kappa shape index (κ1) is 25.3. The van der Waals surface area contributed by atoms with Crippen LogP contribution in [-0.2, 0) is 22.6 Å². The van der Waals surface area contributed by atoms with Crippen LogP contribution in [-0.4, -0.2) is 63.2 Å². The van der Waals surface area contributed by atoms with Gasteiger partial charge in [-0.1, -0.05) is 11.6 Å². The minimum atomic E-state index is -0.855. The maximum absolute atomic E-state index is 13.2. The van der Waals surface area contributed by atoms with E-state index in [1.165, 1.54) is 29.9 Å². The zero-order valence-corrected chi connectivity index (χ0v) is 21.6. The van der Waals surface area contributed by atoms with E-state index in [2.05, 4.69) is 35.8 Å². The summed E-state index contributed by atoms with van der Waals surface area (Å²) in [5.41, 5.74) is 0.965. The predicted molar refractivity (Wildman–Crippen MR) is 136 cm³/mol. The Bertz CT molecular complexity index is 1280. The van der Waals surface area contributed by atoms with Crippen LogP contribution >= 0.6 is 22.9 Å². The molecule has 2 aliphatic rings. The van der Waals surface area contributed by atoms with Gasteiger partial charge in [-0.25, -0.2) is 15.0 Å². The molecule has 3 aromatic rings. The van der Waals surface area contributed by atoms with Crippen LogP contribution in [0.1, 0.15) is 51.4 Å². The minimum absolute atomic E-state index is 0.0290. The maximum atomic E-state index is 13.2. The second-order valence-electron chi connectivity index (χ2n) is 9.23. The van der Waals surface area contributed by atoms with Crippen molar-refractivity contribution in [1.82, 2.24) is 30.5 Å². The average molecular weight is 544 g/mol. The molecule has 4 heterocycles. The molecule has 11 nitrogen and oxygen atoms in total. The summed E-state index contributed by atoms with van der Waals surface area (Å²) >= 11 is 7.21. The lowest BCUT2D eigenvalue weighted by Gasteiger charge is -2.35. The largest absolute Gasteiger partial charge is 0.449 e. The number of hydrogen-bond donors (Lipinski definition) is 3. The van der Waals surface area contributed by atoms with Gasteiger partial charge in [0.15, 0.2) is 10.9 Å². The molecule has 1 fully saturated rings. The number of rotatable bonds is 5. The van der Waals surface area contributed by atoms with Crippen molar-refractivity contribution in [3.63, 3.8) is 0 Å². The number of nitrogens with zero attached hydrogens (tertiary/aromatic N) is 4. The van der Waals surface area contributed by atoms with E-state index in [1.54, 1.807) is 12.3 Å². The zero-order valence-electron chi connectivity index (χ0n) is 20.1. The highest BCUT2D eigenvalue weighted by atomic mass is 35.5. The molecule has 37 heavy (non-hydrogen) atoms. The number of anilines is 1. The zero-order chi connectivity index (χ0) is 25.9. The van der Waals surface area contributed by atoms with Crippen LogP contribution in [0, 0.1) is 0 Å². The Kier molecular flexibility index (Phi) is 7.49. The summed E-state index contributed by atoms with van der Waals surface area (Å²) in [7, 11) is 2.04. The van der Waals surface area contributed by atoms with Gasteiger partial charge in [-0.05, 0) is 38.4 Å². The summed E-state index contributed by atoms with van der Waals surface area (Å²) in [5.74, 6) is -1.20. The Labute approximate surface area is 222 Å². The fourth-order valence-electron chi connectivity index (χ4n) is 4.67. The highest BCUT2D eigenvalue weighted by Crippen LogP contribution is 2.33. The Hall–Kier alpha value is -3.35. The highest BCUT2D eigenvalue weighted by molar-refractivity contribution is 7.13. The van der Waals surface area contributed by atoms with Crippen LogP contribution < -0.4 is 16.0 Å². The molecule has 0 bridgehead atoms. The lowest BCUT2D eigenvalue weighted by atomic mass is 9.82. The average Bonchev–Trinajstić information content (AvgIpc) is 3.56. The van der Waals surface area contributed by atoms with Crippen LogP contribution in [0.5, 0.6) is 0 Å². The first-order valence-corrected chi connectivity index (χ1v) is 13.2. The summed E-state index contributed by atoms with van der Waals surface area (Å²) in [5, 5.41) is 9.10. The number of pyridine rings is 1. The van der Waals surface area contributed by atoms with E-state index < -0.39 is 23.9 Å². The van der Waals surface area contributed by atoms with Crippen molar-refractivity contribution >= 4 is 46.5 Å². The number of amides is 3. The number of carbonyl (C=O) groups is 3. The number of likely N-dealkylation sites (N-methyl/N-ethyl adjacent to an activating group) is 1. The van der Waals surface area contributed by atoms with Gasteiger partial charge in [0, 0.05) is 42.5 Å². The Morgan fingerprint density at radius 1 is 1.14 bits per heavy atom. The lowest BCUT2D eigenvalue weighted by Crippen LogP contribution is -2.56. The van der Waals surface area contributed by atoms with Gasteiger partial charge in [0.1, 0.15) is 12.1 Å². The van der Waals surface area contributed by atoms with Crippen LogP contribution in [0.2, 0.25) is 5.02 Å². The molecular weight excluding hydrogens is 518 g/mol. The van der Waals surface area contributed by atoms with Crippen molar-refractivity contribution in [2.24, 2.45) is 0 Å². The summed E-state index contributed by atoms with van der Waals surface area (Å²) in [4.78, 5) is 54.5. The second-order valence-corrected chi connectivity index (χ2v) is 10.8. The normalized spacial score (nSPS) is 21.6. The van der Waals surface area contributed by atoms with Crippen molar-refractivity contribution < 1.29 is 18.8 Å². The third-order valence-corrected chi connectivity index (χ3v) is 7.88. The van der Waals surface area contributed by atoms with Crippen molar-refractivity contribution in [1.29, 1.82) is 0 Å². The highest BCUT2D eigenvalue weighted by Gasteiger charge is 2.36. The second kappa shape index (κ2) is 11.0. The third kappa shape index (κ3) is 5.97. The van der Waals surface area contributed by atoms with E-state index in [9.17, 15) is 14.4 Å². The van der Waals surface area contributed by atoms with Crippen LogP contribution in [0.4, 0.5) is 5.82 Å². The summed E-state index contributed by atoms with van der Waals surface area (Å²) in [6.07, 6.45) is 6.98. The number of hydrogen-bond acceptors (Lipinski definition) is 9. The van der Waals surface area contributed by atoms with E-state index in [0.29, 0.717) is 35.2 Å². The minimum Gasteiger partial charge on any atom is -0.449 e. The van der Waals surface area contributed by atoms with Gasteiger partial charge >= 0.3 is 11.8 Å². The Morgan fingerprint density at radius 3 is 2.76 bits per heavy atom. The molecule has 0 saturated heterocycles. The van der Waals surface area contributed by atoms with Crippen molar-refractivity contribution in [3.05, 3.63) is 57.3 Å². The quantitative estimate of drug-likeness (QED) is 0.416. The molecule has 3 N–H and O–H groups in total. The van der Waals surface area contributed by atoms with E-state index in [0.717, 1.165) is 30.1 Å². The molecule has 13 heteroatoms. The van der Waals surface area contributed by atoms with E-state index >= 15 is 0 Å². The first-order chi connectivity index (χ1) is 17.9. The monoisotopic (exact) mass is 543 g/mol. The Morgan fingerprint density at radius 2 is 2.00 bits per heavy atom. The molecule has 0 spiro atoms. The molecule has 3 atom stereocenters. The smallest absolute Gasteiger partial charge is 0.314 e. The summed E-state index contributed by atoms with van der Waals surface area (Å²) in [6.45, 7) is 1.67. The van der Waals surface area contributed by atoms with Crippen LogP contribution in [0.15, 0.2) is 35.2 Å². The van der Waals surface area contributed by atoms with E-state index in [-0.39, 0.29) is 17.6 Å². The van der Waals surface area contributed by atoms with E-state index in [4.69, 9.17) is 16.0 Å². The van der Waals surface area contributed by atoms with Gasteiger partial charge < -0.3 is 25.3 Å². The molecule has 5 rings (SSSR count). The fourth-order valence-corrected chi connectivity index (χ4v) is 5.87.